The molecule has 4 heteroatoms. The summed E-state index contributed by atoms with van der Waals surface area (Å²) in [7, 11) is 0. The molecule has 1 aromatic rings. The lowest BCUT2D eigenvalue weighted by atomic mass is 10.4. The van der Waals surface area contributed by atoms with Crippen LogP contribution in [0.15, 0.2) is 24.4 Å². The van der Waals surface area contributed by atoms with Gasteiger partial charge in [-0.1, -0.05) is 6.07 Å². The number of hydrogen-bond acceptors (Lipinski definition) is 2. The van der Waals surface area contributed by atoms with Crippen molar-refractivity contribution in [2.45, 2.75) is 0 Å². The third kappa shape index (κ3) is 1.25. The van der Waals surface area contributed by atoms with Crippen molar-refractivity contribution in [1.29, 1.82) is 0 Å². The molecule has 0 atom stereocenters. The quantitative estimate of drug-likeness (QED) is 0.645. The normalized spacial score (nSPS) is 16.3. The SMILES string of the molecule is S=C1NCCN1c1ccccn1. The zero-order valence-electron chi connectivity index (χ0n) is 6.53. The summed E-state index contributed by atoms with van der Waals surface area (Å²) in [5.74, 6) is 0.924. The number of nitrogens with one attached hydrogen (secondary N) is 1. The molecule has 62 valence electrons. The van der Waals surface area contributed by atoms with Gasteiger partial charge in [-0.3, -0.25) is 0 Å². The molecule has 1 aliphatic rings. The molecule has 1 fully saturated rings. The van der Waals surface area contributed by atoms with Crippen LogP contribution in [0.4, 0.5) is 5.82 Å². The van der Waals surface area contributed by atoms with Gasteiger partial charge < -0.3 is 10.2 Å². The fourth-order valence-electron chi connectivity index (χ4n) is 1.20. The van der Waals surface area contributed by atoms with Crippen LogP contribution in [-0.4, -0.2) is 23.2 Å². The number of anilines is 1. The highest BCUT2D eigenvalue weighted by Gasteiger charge is 2.17. The van der Waals surface area contributed by atoms with E-state index in [0.29, 0.717) is 0 Å². The molecule has 0 spiro atoms. The minimum atomic E-state index is 0.772. The van der Waals surface area contributed by atoms with Gasteiger partial charge >= 0.3 is 0 Å². The number of hydrogen-bond donors (Lipinski definition) is 1. The van der Waals surface area contributed by atoms with Gasteiger partial charge in [-0.2, -0.15) is 0 Å². The third-order valence-electron chi connectivity index (χ3n) is 1.78. The molecule has 12 heavy (non-hydrogen) atoms. The summed E-state index contributed by atoms with van der Waals surface area (Å²) in [5, 5.41) is 3.86. The monoisotopic (exact) mass is 179 g/mol. The van der Waals surface area contributed by atoms with Gasteiger partial charge in [-0.05, 0) is 24.4 Å². The van der Waals surface area contributed by atoms with Gasteiger partial charge in [-0.15, -0.1) is 0 Å². The first-order chi connectivity index (χ1) is 5.88. The van der Waals surface area contributed by atoms with Crippen LogP contribution in [0.1, 0.15) is 0 Å². The molecule has 1 aliphatic heterocycles. The summed E-state index contributed by atoms with van der Waals surface area (Å²) in [5.41, 5.74) is 0. The fourth-order valence-corrected chi connectivity index (χ4v) is 1.49. The largest absolute Gasteiger partial charge is 0.360 e. The van der Waals surface area contributed by atoms with Crippen molar-refractivity contribution in [1.82, 2.24) is 10.3 Å². The molecule has 0 saturated carbocycles. The molecule has 1 aromatic heterocycles. The molecule has 0 aromatic carbocycles. The fraction of sp³-hybridized carbons (Fsp3) is 0.250. The summed E-state index contributed by atoms with van der Waals surface area (Å²) in [4.78, 5) is 6.20. The maximum atomic E-state index is 5.10. The van der Waals surface area contributed by atoms with Crippen LogP contribution >= 0.6 is 12.2 Å². The first-order valence-corrected chi connectivity index (χ1v) is 4.25. The van der Waals surface area contributed by atoms with Crippen molar-refractivity contribution in [3.8, 4) is 0 Å². The zero-order valence-corrected chi connectivity index (χ0v) is 7.34. The lowest BCUT2D eigenvalue weighted by Gasteiger charge is -2.14. The lowest BCUT2D eigenvalue weighted by Crippen LogP contribution is -2.27. The number of thiocarbonyl (C=S) groups is 1. The van der Waals surface area contributed by atoms with Crippen LogP contribution < -0.4 is 10.2 Å². The summed E-state index contributed by atoms with van der Waals surface area (Å²) in [6.07, 6.45) is 1.77. The van der Waals surface area contributed by atoms with E-state index in [1.54, 1.807) is 6.20 Å². The van der Waals surface area contributed by atoms with Crippen LogP contribution in [0.5, 0.6) is 0 Å². The minimum Gasteiger partial charge on any atom is -0.360 e. The number of nitrogens with zero attached hydrogens (tertiary/aromatic N) is 2. The lowest BCUT2D eigenvalue weighted by molar-refractivity contribution is 0.966. The Morgan fingerprint density at radius 2 is 2.42 bits per heavy atom. The summed E-state index contributed by atoms with van der Waals surface area (Å²) < 4.78 is 0. The standard InChI is InChI=1S/C8H9N3S/c12-8-10-5-6-11(8)7-3-1-2-4-9-7/h1-4H,5-6H2,(H,10,12). The Hall–Kier alpha value is -1.16. The molecule has 0 amide bonds. The molecule has 2 heterocycles. The number of pyridine rings is 1. The van der Waals surface area contributed by atoms with E-state index >= 15 is 0 Å². The molecule has 0 unspecified atom stereocenters. The summed E-state index contributed by atoms with van der Waals surface area (Å²) >= 11 is 5.10. The van der Waals surface area contributed by atoms with E-state index in [2.05, 4.69) is 10.3 Å². The average molecular weight is 179 g/mol. The van der Waals surface area contributed by atoms with Gasteiger partial charge in [0.15, 0.2) is 5.11 Å². The van der Waals surface area contributed by atoms with Crippen molar-refractivity contribution in [2.24, 2.45) is 0 Å². The Kier molecular flexibility index (Phi) is 1.91. The Balaban J connectivity index is 2.25. The molecule has 0 radical (unpaired) electrons. The van der Waals surface area contributed by atoms with E-state index in [1.807, 2.05) is 23.1 Å². The number of rotatable bonds is 1. The predicted octanol–water partition coefficient (Wildman–Crippen LogP) is 0.776. The van der Waals surface area contributed by atoms with Crippen molar-refractivity contribution in [3.05, 3.63) is 24.4 Å². The Bertz CT molecular complexity index is 286. The molecule has 2 rings (SSSR count). The summed E-state index contributed by atoms with van der Waals surface area (Å²) in [6.45, 7) is 1.82. The molecule has 0 bridgehead atoms. The topological polar surface area (TPSA) is 28.2 Å². The predicted molar refractivity (Wildman–Crippen MR) is 52.2 cm³/mol. The molecule has 3 nitrogen and oxygen atoms in total. The van der Waals surface area contributed by atoms with E-state index in [-0.39, 0.29) is 0 Å². The van der Waals surface area contributed by atoms with Gasteiger partial charge in [0.25, 0.3) is 0 Å². The highest BCUT2D eigenvalue weighted by Crippen LogP contribution is 2.11. The van der Waals surface area contributed by atoms with Gasteiger partial charge in [0.2, 0.25) is 0 Å². The Morgan fingerprint density at radius 3 is 3.00 bits per heavy atom. The number of aromatic nitrogens is 1. The summed E-state index contributed by atoms with van der Waals surface area (Å²) in [6, 6.07) is 5.82. The van der Waals surface area contributed by atoms with E-state index in [1.165, 1.54) is 0 Å². The highest BCUT2D eigenvalue weighted by atomic mass is 32.1. The Labute approximate surface area is 76.4 Å². The van der Waals surface area contributed by atoms with E-state index in [9.17, 15) is 0 Å². The smallest absolute Gasteiger partial charge is 0.174 e. The first-order valence-electron chi connectivity index (χ1n) is 3.84. The van der Waals surface area contributed by atoms with Crippen LogP contribution in [0.2, 0.25) is 0 Å². The van der Waals surface area contributed by atoms with E-state index in [4.69, 9.17) is 12.2 Å². The first kappa shape index (κ1) is 7.49. The second-order valence-corrected chi connectivity index (χ2v) is 2.96. The van der Waals surface area contributed by atoms with Crippen LogP contribution in [0, 0.1) is 0 Å². The van der Waals surface area contributed by atoms with Crippen LogP contribution in [0.25, 0.3) is 0 Å². The molecular formula is C8H9N3S. The maximum Gasteiger partial charge on any atom is 0.174 e. The van der Waals surface area contributed by atoms with Crippen molar-refractivity contribution in [2.75, 3.05) is 18.0 Å². The van der Waals surface area contributed by atoms with Gasteiger partial charge in [-0.25, -0.2) is 4.98 Å². The minimum absolute atomic E-state index is 0.772. The third-order valence-corrected chi connectivity index (χ3v) is 2.15. The van der Waals surface area contributed by atoms with Gasteiger partial charge in [0, 0.05) is 19.3 Å². The van der Waals surface area contributed by atoms with E-state index in [0.717, 1.165) is 24.0 Å². The zero-order chi connectivity index (χ0) is 8.39. The highest BCUT2D eigenvalue weighted by molar-refractivity contribution is 7.80. The average Bonchev–Trinajstić information content (AvgIpc) is 2.53. The molecular weight excluding hydrogens is 170 g/mol. The van der Waals surface area contributed by atoms with Crippen molar-refractivity contribution < 1.29 is 0 Å². The van der Waals surface area contributed by atoms with Crippen LogP contribution in [-0.2, 0) is 0 Å². The van der Waals surface area contributed by atoms with Crippen molar-refractivity contribution in [3.63, 3.8) is 0 Å². The van der Waals surface area contributed by atoms with Crippen LogP contribution in [0.3, 0.4) is 0 Å². The van der Waals surface area contributed by atoms with E-state index < -0.39 is 0 Å². The van der Waals surface area contributed by atoms with Crippen molar-refractivity contribution >= 4 is 23.1 Å². The maximum absolute atomic E-state index is 5.10. The second kappa shape index (κ2) is 3.06. The van der Waals surface area contributed by atoms with Gasteiger partial charge in [0.05, 0.1) is 0 Å². The van der Waals surface area contributed by atoms with Gasteiger partial charge in [0.1, 0.15) is 5.82 Å². The molecule has 1 N–H and O–H groups in total. The Morgan fingerprint density at radius 1 is 1.50 bits per heavy atom. The molecule has 0 aliphatic carbocycles. The second-order valence-electron chi connectivity index (χ2n) is 2.57. The molecule has 1 saturated heterocycles.